The fraction of sp³-hybridized carbons (Fsp3) is 0.409. The lowest BCUT2D eigenvalue weighted by Gasteiger charge is -2.26. The molecule has 2 rings (SSSR count). The molecular formula is C22H28ClN3OS. The van der Waals surface area contributed by atoms with E-state index in [2.05, 4.69) is 19.9 Å². The maximum Gasteiger partial charge on any atom is 0.0988 e. The Morgan fingerprint density at radius 1 is 1.39 bits per heavy atom. The summed E-state index contributed by atoms with van der Waals surface area (Å²) in [6.45, 7) is 7.68. The highest BCUT2D eigenvalue weighted by molar-refractivity contribution is 8.03. The number of aliphatic hydroxyl groups is 1. The zero-order valence-electron chi connectivity index (χ0n) is 16.8. The van der Waals surface area contributed by atoms with Crippen molar-refractivity contribution in [1.82, 2.24) is 0 Å². The standard InChI is InChI=1S/C22H28ClN3OS/c1-13(2)17-9-14(12-24)5-6-15(17)10-19(25)21(26)28-20-8-7-16(11-18(20)23)22(3,4)27/h5,7-9,11,13,15,27H,6,10,25-26H2,1-4H3/b21-19-. The van der Waals surface area contributed by atoms with E-state index < -0.39 is 5.60 Å². The predicted octanol–water partition coefficient (Wildman–Crippen LogP) is 5.19. The summed E-state index contributed by atoms with van der Waals surface area (Å²) in [4.78, 5) is 0.796. The number of nitrogens with two attached hydrogens (primary N) is 2. The molecule has 28 heavy (non-hydrogen) atoms. The highest BCUT2D eigenvalue weighted by atomic mass is 35.5. The normalized spacial score (nSPS) is 18.3. The molecule has 0 bridgehead atoms. The van der Waals surface area contributed by atoms with Gasteiger partial charge in [-0.1, -0.05) is 54.9 Å². The monoisotopic (exact) mass is 417 g/mol. The summed E-state index contributed by atoms with van der Waals surface area (Å²) in [7, 11) is 0. The minimum Gasteiger partial charge on any atom is -0.400 e. The van der Waals surface area contributed by atoms with Gasteiger partial charge in [0.2, 0.25) is 0 Å². The summed E-state index contributed by atoms with van der Waals surface area (Å²) in [5.74, 6) is 0.580. The van der Waals surface area contributed by atoms with Crippen LogP contribution in [0, 0.1) is 23.2 Å². The number of hydrogen-bond acceptors (Lipinski definition) is 5. The topological polar surface area (TPSA) is 96.1 Å². The molecule has 0 aromatic heterocycles. The lowest BCUT2D eigenvalue weighted by atomic mass is 9.80. The second-order valence-electron chi connectivity index (χ2n) is 7.90. The van der Waals surface area contributed by atoms with E-state index in [0.717, 1.165) is 16.9 Å². The molecule has 150 valence electrons. The Morgan fingerprint density at radius 3 is 2.61 bits per heavy atom. The van der Waals surface area contributed by atoms with Gasteiger partial charge >= 0.3 is 0 Å². The van der Waals surface area contributed by atoms with Gasteiger partial charge in [-0.05, 0) is 62.3 Å². The quantitative estimate of drug-likeness (QED) is 0.553. The van der Waals surface area contributed by atoms with Gasteiger partial charge in [-0.3, -0.25) is 0 Å². The van der Waals surface area contributed by atoms with E-state index in [1.54, 1.807) is 19.9 Å². The molecule has 1 aliphatic rings. The van der Waals surface area contributed by atoms with Gasteiger partial charge in [-0.15, -0.1) is 0 Å². The first kappa shape index (κ1) is 22.4. The fourth-order valence-corrected chi connectivity index (χ4v) is 4.23. The van der Waals surface area contributed by atoms with Gasteiger partial charge in [0.25, 0.3) is 0 Å². The van der Waals surface area contributed by atoms with Crippen LogP contribution >= 0.6 is 23.4 Å². The van der Waals surface area contributed by atoms with Gasteiger partial charge in [-0.2, -0.15) is 5.26 Å². The van der Waals surface area contributed by atoms with Gasteiger partial charge in [0, 0.05) is 16.2 Å². The van der Waals surface area contributed by atoms with Crippen molar-refractivity contribution in [2.45, 2.75) is 51.0 Å². The Balaban J connectivity index is 2.17. The molecule has 0 saturated carbocycles. The van der Waals surface area contributed by atoms with Gasteiger partial charge in [0.15, 0.2) is 0 Å². The molecule has 6 heteroatoms. The van der Waals surface area contributed by atoms with Crippen LogP contribution in [-0.4, -0.2) is 5.11 Å². The number of rotatable bonds is 6. The molecule has 0 spiro atoms. The van der Waals surface area contributed by atoms with E-state index in [1.165, 1.54) is 17.3 Å². The summed E-state index contributed by atoms with van der Waals surface area (Å²) in [5.41, 5.74) is 14.9. The smallest absolute Gasteiger partial charge is 0.0988 e. The Kier molecular flexibility index (Phi) is 7.28. The van der Waals surface area contributed by atoms with Crippen molar-refractivity contribution in [1.29, 1.82) is 5.26 Å². The lowest BCUT2D eigenvalue weighted by molar-refractivity contribution is 0.0785. The molecule has 0 aliphatic heterocycles. The summed E-state index contributed by atoms with van der Waals surface area (Å²) in [6.07, 6.45) is 5.35. The molecule has 0 saturated heterocycles. The van der Waals surface area contributed by atoms with Crippen LogP contribution in [0.2, 0.25) is 5.02 Å². The van der Waals surface area contributed by atoms with Crippen molar-refractivity contribution in [3.05, 3.63) is 62.8 Å². The van der Waals surface area contributed by atoms with E-state index in [0.29, 0.717) is 33.7 Å². The van der Waals surface area contributed by atoms with E-state index in [4.69, 9.17) is 28.3 Å². The maximum atomic E-state index is 10.1. The number of nitriles is 1. The largest absolute Gasteiger partial charge is 0.400 e. The summed E-state index contributed by atoms with van der Waals surface area (Å²) < 4.78 is 0. The zero-order valence-corrected chi connectivity index (χ0v) is 18.4. The first-order chi connectivity index (χ1) is 13.0. The van der Waals surface area contributed by atoms with Crippen LogP contribution < -0.4 is 11.5 Å². The number of allylic oxidation sites excluding steroid dienone is 5. The van der Waals surface area contributed by atoms with Crippen LogP contribution in [0.25, 0.3) is 0 Å². The zero-order chi connectivity index (χ0) is 21.1. The molecule has 1 atom stereocenters. The third-order valence-electron chi connectivity index (χ3n) is 4.85. The Bertz CT molecular complexity index is 873. The number of hydrogen-bond donors (Lipinski definition) is 3. The van der Waals surface area contributed by atoms with Crippen LogP contribution in [-0.2, 0) is 5.60 Å². The van der Waals surface area contributed by atoms with Crippen molar-refractivity contribution in [3.8, 4) is 6.07 Å². The van der Waals surface area contributed by atoms with Crippen molar-refractivity contribution in [2.24, 2.45) is 23.3 Å². The second kappa shape index (κ2) is 9.09. The molecule has 0 amide bonds. The van der Waals surface area contributed by atoms with Crippen molar-refractivity contribution in [3.63, 3.8) is 0 Å². The van der Waals surface area contributed by atoms with Crippen molar-refractivity contribution in [2.75, 3.05) is 0 Å². The number of thioether (sulfide) groups is 1. The molecule has 1 aliphatic carbocycles. The summed E-state index contributed by atoms with van der Waals surface area (Å²) in [6, 6.07) is 7.66. The molecule has 0 radical (unpaired) electrons. The van der Waals surface area contributed by atoms with E-state index in [-0.39, 0.29) is 5.92 Å². The number of nitrogens with zero attached hydrogens (tertiary/aromatic N) is 1. The van der Waals surface area contributed by atoms with Crippen LogP contribution in [0.5, 0.6) is 0 Å². The molecule has 0 heterocycles. The van der Waals surface area contributed by atoms with Crippen LogP contribution in [0.4, 0.5) is 0 Å². The van der Waals surface area contributed by atoms with Crippen molar-refractivity contribution < 1.29 is 5.11 Å². The predicted molar refractivity (Wildman–Crippen MR) is 117 cm³/mol. The molecule has 4 nitrogen and oxygen atoms in total. The van der Waals surface area contributed by atoms with Gasteiger partial charge in [0.05, 0.1) is 21.7 Å². The molecule has 5 N–H and O–H groups in total. The minimum atomic E-state index is -0.955. The van der Waals surface area contributed by atoms with Crippen LogP contribution in [0.15, 0.2) is 57.1 Å². The first-order valence-electron chi connectivity index (χ1n) is 9.29. The highest BCUT2D eigenvalue weighted by Crippen LogP contribution is 2.37. The third kappa shape index (κ3) is 5.57. The molecule has 1 aromatic carbocycles. The molecule has 1 aromatic rings. The van der Waals surface area contributed by atoms with Gasteiger partial charge in [-0.25, -0.2) is 0 Å². The highest BCUT2D eigenvalue weighted by Gasteiger charge is 2.22. The van der Waals surface area contributed by atoms with E-state index in [1.807, 2.05) is 24.3 Å². The SMILES string of the molecule is CC(C)C1=CC(C#N)=CCC1C/C(N)=C(\N)Sc1ccc(C(C)(C)O)cc1Cl. The van der Waals surface area contributed by atoms with E-state index >= 15 is 0 Å². The van der Waals surface area contributed by atoms with Crippen LogP contribution in [0.3, 0.4) is 0 Å². The van der Waals surface area contributed by atoms with Gasteiger partial charge in [0.1, 0.15) is 0 Å². The molecule has 0 fully saturated rings. The Hall–Kier alpha value is -1.87. The van der Waals surface area contributed by atoms with Crippen LogP contribution in [0.1, 0.15) is 46.1 Å². The average Bonchev–Trinajstić information content (AvgIpc) is 2.62. The third-order valence-corrected chi connectivity index (χ3v) is 6.34. The molecular weight excluding hydrogens is 390 g/mol. The number of halogens is 1. The second-order valence-corrected chi connectivity index (χ2v) is 9.39. The summed E-state index contributed by atoms with van der Waals surface area (Å²) >= 11 is 7.71. The molecule has 1 unspecified atom stereocenters. The van der Waals surface area contributed by atoms with E-state index in [9.17, 15) is 5.11 Å². The average molecular weight is 418 g/mol. The number of benzene rings is 1. The van der Waals surface area contributed by atoms with Crippen molar-refractivity contribution >= 4 is 23.4 Å². The van der Waals surface area contributed by atoms with Gasteiger partial charge < -0.3 is 16.6 Å². The minimum absolute atomic E-state index is 0.240. The Labute approximate surface area is 176 Å². The summed E-state index contributed by atoms with van der Waals surface area (Å²) in [5, 5.41) is 20.3. The first-order valence-corrected chi connectivity index (χ1v) is 10.5. The fourth-order valence-electron chi connectivity index (χ4n) is 3.19. The lowest BCUT2D eigenvalue weighted by Crippen LogP contribution is -2.18. The maximum absolute atomic E-state index is 10.1. The Morgan fingerprint density at radius 2 is 2.07 bits per heavy atom.